The van der Waals surface area contributed by atoms with Crippen LogP contribution in [0.5, 0.6) is 5.75 Å². The van der Waals surface area contributed by atoms with Gasteiger partial charge in [-0.25, -0.2) is 4.79 Å². The molecule has 0 aliphatic rings. The van der Waals surface area contributed by atoms with Crippen molar-refractivity contribution in [2.45, 2.75) is 13.8 Å². The van der Waals surface area contributed by atoms with Gasteiger partial charge >= 0.3 is 5.97 Å². The molecule has 1 rings (SSSR count). The number of ether oxygens (including phenoxy) is 2. The summed E-state index contributed by atoms with van der Waals surface area (Å²) in [6, 6.07) is 4.83. The van der Waals surface area contributed by atoms with E-state index in [9.17, 15) is 4.79 Å². The van der Waals surface area contributed by atoms with Gasteiger partial charge in [-0.2, -0.15) is 0 Å². The average Bonchev–Trinajstić information content (AvgIpc) is 2.26. The van der Waals surface area contributed by atoms with Crippen molar-refractivity contribution in [3.8, 4) is 5.75 Å². The molecule has 88 valence electrons. The maximum absolute atomic E-state index is 10.8. The SMILES string of the molecule is CCOCCOc1cc(C(=O)O)ccc1C. The van der Waals surface area contributed by atoms with Crippen molar-refractivity contribution in [2.75, 3.05) is 19.8 Å². The Morgan fingerprint density at radius 2 is 2.12 bits per heavy atom. The second-order valence-corrected chi connectivity index (χ2v) is 3.33. The summed E-state index contributed by atoms with van der Waals surface area (Å²) < 4.78 is 10.6. The Kier molecular flexibility index (Phi) is 4.79. The quantitative estimate of drug-likeness (QED) is 0.752. The van der Waals surface area contributed by atoms with Crippen LogP contribution in [0.1, 0.15) is 22.8 Å². The third-order valence-corrected chi connectivity index (χ3v) is 2.12. The molecule has 0 heterocycles. The van der Waals surface area contributed by atoms with E-state index in [1.165, 1.54) is 6.07 Å². The molecule has 1 aromatic rings. The Bertz CT molecular complexity index is 360. The van der Waals surface area contributed by atoms with Crippen LogP contribution in [0.4, 0.5) is 0 Å². The standard InChI is InChI=1S/C12H16O4/c1-3-15-6-7-16-11-8-10(12(13)14)5-4-9(11)2/h4-5,8H,3,6-7H2,1-2H3,(H,13,14). The van der Waals surface area contributed by atoms with Crippen LogP contribution in [0.15, 0.2) is 18.2 Å². The van der Waals surface area contributed by atoms with Crippen molar-refractivity contribution in [2.24, 2.45) is 0 Å². The molecule has 0 radical (unpaired) electrons. The molecule has 4 nitrogen and oxygen atoms in total. The molecule has 0 spiro atoms. The van der Waals surface area contributed by atoms with Crippen molar-refractivity contribution in [1.29, 1.82) is 0 Å². The molecule has 0 saturated carbocycles. The van der Waals surface area contributed by atoms with Crippen molar-refractivity contribution >= 4 is 5.97 Å². The van der Waals surface area contributed by atoms with Gasteiger partial charge in [0, 0.05) is 6.61 Å². The van der Waals surface area contributed by atoms with Crippen LogP contribution in [0.3, 0.4) is 0 Å². The molecule has 0 aliphatic heterocycles. The summed E-state index contributed by atoms with van der Waals surface area (Å²) >= 11 is 0. The molecule has 1 N–H and O–H groups in total. The van der Waals surface area contributed by atoms with Gasteiger partial charge in [-0.15, -0.1) is 0 Å². The number of rotatable bonds is 6. The Labute approximate surface area is 94.8 Å². The first-order chi connectivity index (χ1) is 7.65. The molecule has 0 atom stereocenters. The van der Waals surface area contributed by atoms with Crippen LogP contribution in [0.25, 0.3) is 0 Å². The Morgan fingerprint density at radius 3 is 2.75 bits per heavy atom. The fourth-order valence-electron chi connectivity index (χ4n) is 1.24. The molecule has 1 aromatic carbocycles. The summed E-state index contributed by atoms with van der Waals surface area (Å²) in [6.45, 7) is 5.38. The summed E-state index contributed by atoms with van der Waals surface area (Å²) in [7, 11) is 0. The molecular weight excluding hydrogens is 208 g/mol. The monoisotopic (exact) mass is 224 g/mol. The molecule has 0 amide bonds. The van der Waals surface area contributed by atoms with Crippen molar-refractivity contribution in [3.05, 3.63) is 29.3 Å². The predicted molar refractivity (Wildman–Crippen MR) is 60.1 cm³/mol. The second-order valence-electron chi connectivity index (χ2n) is 3.33. The highest BCUT2D eigenvalue weighted by Crippen LogP contribution is 2.19. The maximum atomic E-state index is 10.8. The van der Waals surface area contributed by atoms with E-state index in [-0.39, 0.29) is 5.56 Å². The van der Waals surface area contributed by atoms with Gasteiger partial charge in [0.05, 0.1) is 12.2 Å². The minimum Gasteiger partial charge on any atom is -0.491 e. The van der Waals surface area contributed by atoms with Gasteiger partial charge in [-0.05, 0) is 31.5 Å². The first-order valence-electron chi connectivity index (χ1n) is 5.19. The average molecular weight is 224 g/mol. The maximum Gasteiger partial charge on any atom is 0.335 e. The Hall–Kier alpha value is -1.55. The largest absolute Gasteiger partial charge is 0.491 e. The molecule has 0 aromatic heterocycles. The van der Waals surface area contributed by atoms with E-state index >= 15 is 0 Å². The highest BCUT2D eigenvalue weighted by atomic mass is 16.5. The molecule has 0 bridgehead atoms. The summed E-state index contributed by atoms with van der Waals surface area (Å²) in [4.78, 5) is 10.8. The summed E-state index contributed by atoms with van der Waals surface area (Å²) in [5.41, 5.74) is 1.15. The lowest BCUT2D eigenvalue weighted by Crippen LogP contribution is -2.07. The molecule has 0 saturated heterocycles. The minimum atomic E-state index is -0.949. The lowest BCUT2D eigenvalue weighted by Gasteiger charge is -2.09. The van der Waals surface area contributed by atoms with Crippen LogP contribution >= 0.6 is 0 Å². The number of benzene rings is 1. The van der Waals surface area contributed by atoms with Gasteiger partial charge in [0.15, 0.2) is 0 Å². The Morgan fingerprint density at radius 1 is 1.38 bits per heavy atom. The molecule has 0 fully saturated rings. The van der Waals surface area contributed by atoms with Gasteiger partial charge in [0.25, 0.3) is 0 Å². The van der Waals surface area contributed by atoms with Gasteiger partial charge in [-0.1, -0.05) is 6.07 Å². The molecule has 0 unspecified atom stereocenters. The van der Waals surface area contributed by atoms with Crippen LogP contribution < -0.4 is 4.74 Å². The first kappa shape index (κ1) is 12.5. The Balaban J connectivity index is 2.63. The van der Waals surface area contributed by atoms with Crippen molar-refractivity contribution in [3.63, 3.8) is 0 Å². The van der Waals surface area contributed by atoms with E-state index in [2.05, 4.69) is 0 Å². The summed E-state index contributed by atoms with van der Waals surface area (Å²) in [6.07, 6.45) is 0. The van der Waals surface area contributed by atoms with Gasteiger partial charge in [0.1, 0.15) is 12.4 Å². The smallest absolute Gasteiger partial charge is 0.335 e. The van der Waals surface area contributed by atoms with E-state index in [0.717, 1.165) is 5.56 Å². The van der Waals surface area contributed by atoms with E-state index in [4.69, 9.17) is 14.6 Å². The van der Waals surface area contributed by atoms with E-state index in [0.29, 0.717) is 25.6 Å². The predicted octanol–water partition coefficient (Wildman–Crippen LogP) is 2.11. The zero-order valence-corrected chi connectivity index (χ0v) is 9.53. The highest BCUT2D eigenvalue weighted by molar-refractivity contribution is 5.88. The number of carboxylic acids is 1. The lowest BCUT2D eigenvalue weighted by molar-refractivity contribution is 0.0696. The first-order valence-corrected chi connectivity index (χ1v) is 5.19. The second kappa shape index (κ2) is 6.12. The van der Waals surface area contributed by atoms with Gasteiger partial charge in [0.2, 0.25) is 0 Å². The molecular formula is C12H16O4. The van der Waals surface area contributed by atoms with Crippen LogP contribution in [0, 0.1) is 6.92 Å². The number of aryl methyl sites for hydroxylation is 1. The van der Waals surface area contributed by atoms with E-state index in [1.807, 2.05) is 13.8 Å². The van der Waals surface area contributed by atoms with Crippen LogP contribution in [-0.4, -0.2) is 30.9 Å². The van der Waals surface area contributed by atoms with E-state index in [1.54, 1.807) is 12.1 Å². The summed E-state index contributed by atoms with van der Waals surface area (Å²) in [5.74, 6) is -0.353. The zero-order valence-electron chi connectivity index (χ0n) is 9.53. The van der Waals surface area contributed by atoms with Crippen molar-refractivity contribution in [1.82, 2.24) is 0 Å². The normalized spacial score (nSPS) is 10.1. The van der Waals surface area contributed by atoms with Crippen LogP contribution in [0.2, 0.25) is 0 Å². The fourth-order valence-corrected chi connectivity index (χ4v) is 1.24. The fraction of sp³-hybridized carbons (Fsp3) is 0.417. The highest BCUT2D eigenvalue weighted by Gasteiger charge is 2.06. The van der Waals surface area contributed by atoms with Crippen LogP contribution in [-0.2, 0) is 4.74 Å². The lowest BCUT2D eigenvalue weighted by atomic mass is 10.1. The van der Waals surface area contributed by atoms with Gasteiger partial charge < -0.3 is 14.6 Å². The minimum absolute atomic E-state index is 0.233. The zero-order chi connectivity index (χ0) is 12.0. The number of carboxylic acid groups (broad SMARTS) is 1. The summed E-state index contributed by atoms with van der Waals surface area (Å²) in [5, 5.41) is 8.83. The third-order valence-electron chi connectivity index (χ3n) is 2.12. The molecule has 0 aliphatic carbocycles. The van der Waals surface area contributed by atoms with Gasteiger partial charge in [-0.3, -0.25) is 0 Å². The van der Waals surface area contributed by atoms with Crippen molar-refractivity contribution < 1.29 is 19.4 Å². The number of hydrogen-bond donors (Lipinski definition) is 1. The topological polar surface area (TPSA) is 55.8 Å². The third kappa shape index (κ3) is 3.55. The van der Waals surface area contributed by atoms with E-state index < -0.39 is 5.97 Å². The number of aromatic carboxylic acids is 1. The molecule has 4 heteroatoms. The number of hydrogen-bond acceptors (Lipinski definition) is 3. The molecule has 16 heavy (non-hydrogen) atoms. The number of carbonyl (C=O) groups is 1.